The standard InChI is InChI=1S/C12H17BrN2O3/c1-7(12(17-2)18-3)15-11(16)8-4-5-10(14)9(13)6-8/h4-7,12H,14H2,1-3H3,(H,15,16). The van der Waals surface area contributed by atoms with E-state index in [0.29, 0.717) is 15.7 Å². The highest BCUT2D eigenvalue weighted by Crippen LogP contribution is 2.20. The summed E-state index contributed by atoms with van der Waals surface area (Å²) in [5.41, 5.74) is 6.77. The molecule has 0 aromatic heterocycles. The third-order valence-electron chi connectivity index (χ3n) is 2.49. The van der Waals surface area contributed by atoms with Gasteiger partial charge in [0.2, 0.25) is 0 Å². The van der Waals surface area contributed by atoms with Crippen LogP contribution in [-0.2, 0) is 9.47 Å². The van der Waals surface area contributed by atoms with E-state index in [2.05, 4.69) is 21.2 Å². The molecule has 5 nitrogen and oxygen atoms in total. The Morgan fingerprint density at radius 2 is 2.00 bits per heavy atom. The number of hydrogen-bond acceptors (Lipinski definition) is 4. The number of rotatable bonds is 5. The van der Waals surface area contributed by atoms with E-state index in [4.69, 9.17) is 15.2 Å². The van der Waals surface area contributed by atoms with Crippen LogP contribution in [0.5, 0.6) is 0 Å². The van der Waals surface area contributed by atoms with Crippen LogP contribution in [0.1, 0.15) is 17.3 Å². The molecule has 0 spiro atoms. The Morgan fingerprint density at radius 1 is 1.39 bits per heavy atom. The molecule has 1 aromatic rings. The summed E-state index contributed by atoms with van der Waals surface area (Å²) < 4.78 is 10.8. The second kappa shape index (κ2) is 6.72. The van der Waals surface area contributed by atoms with E-state index < -0.39 is 6.29 Å². The molecule has 0 aliphatic carbocycles. The lowest BCUT2D eigenvalue weighted by atomic mass is 10.2. The van der Waals surface area contributed by atoms with Crippen LogP contribution in [0.2, 0.25) is 0 Å². The summed E-state index contributed by atoms with van der Waals surface area (Å²) in [5, 5.41) is 2.79. The van der Waals surface area contributed by atoms with Crippen molar-refractivity contribution in [2.75, 3.05) is 20.0 Å². The SMILES string of the molecule is COC(OC)C(C)NC(=O)c1ccc(N)c(Br)c1. The highest BCUT2D eigenvalue weighted by Gasteiger charge is 2.18. The summed E-state index contributed by atoms with van der Waals surface area (Å²) in [6.07, 6.45) is -0.480. The number of carbonyl (C=O) groups excluding carboxylic acids is 1. The molecule has 18 heavy (non-hydrogen) atoms. The first-order valence-corrected chi connectivity index (χ1v) is 6.20. The average Bonchev–Trinajstić information content (AvgIpc) is 2.34. The molecule has 1 amide bonds. The fraction of sp³-hybridized carbons (Fsp3) is 0.417. The molecule has 0 fully saturated rings. The number of carbonyl (C=O) groups is 1. The summed E-state index contributed by atoms with van der Waals surface area (Å²) in [6, 6.07) is 4.75. The van der Waals surface area contributed by atoms with Gasteiger partial charge in [-0.2, -0.15) is 0 Å². The van der Waals surface area contributed by atoms with Gasteiger partial charge in [-0.25, -0.2) is 0 Å². The summed E-state index contributed by atoms with van der Waals surface area (Å²) >= 11 is 3.28. The van der Waals surface area contributed by atoms with Gasteiger partial charge < -0.3 is 20.5 Å². The van der Waals surface area contributed by atoms with E-state index in [-0.39, 0.29) is 11.9 Å². The van der Waals surface area contributed by atoms with Crippen LogP contribution < -0.4 is 11.1 Å². The number of nitrogens with two attached hydrogens (primary N) is 1. The number of nitrogens with one attached hydrogen (secondary N) is 1. The third kappa shape index (κ3) is 3.69. The van der Waals surface area contributed by atoms with Gasteiger partial charge in [-0.15, -0.1) is 0 Å². The fourth-order valence-electron chi connectivity index (χ4n) is 1.53. The van der Waals surface area contributed by atoms with Crippen LogP contribution >= 0.6 is 15.9 Å². The first-order valence-electron chi connectivity index (χ1n) is 5.41. The molecule has 0 saturated carbocycles. The Kier molecular flexibility index (Phi) is 5.58. The maximum atomic E-state index is 12.0. The molecule has 0 aliphatic rings. The van der Waals surface area contributed by atoms with Crippen molar-refractivity contribution in [1.29, 1.82) is 0 Å². The van der Waals surface area contributed by atoms with Gasteiger partial charge in [0.25, 0.3) is 5.91 Å². The number of benzene rings is 1. The van der Waals surface area contributed by atoms with Crippen molar-refractivity contribution in [2.45, 2.75) is 19.3 Å². The summed E-state index contributed by atoms with van der Waals surface area (Å²) in [7, 11) is 3.05. The maximum Gasteiger partial charge on any atom is 0.251 e. The summed E-state index contributed by atoms with van der Waals surface area (Å²) in [5.74, 6) is -0.206. The van der Waals surface area contributed by atoms with Gasteiger partial charge in [-0.05, 0) is 41.1 Å². The van der Waals surface area contributed by atoms with Crippen LogP contribution in [0.3, 0.4) is 0 Å². The van der Waals surface area contributed by atoms with Crippen molar-refractivity contribution in [1.82, 2.24) is 5.32 Å². The van der Waals surface area contributed by atoms with Crippen molar-refractivity contribution >= 4 is 27.5 Å². The van der Waals surface area contributed by atoms with Gasteiger partial charge in [-0.1, -0.05) is 0 Å². The van der Waals surface area contributed by atoms with Crippen LogP contribution in [0.15, 0.2) is 22.7 Å². The van der Waals surface area contributed by atoms with Gasteiger partial charge in [-0.3, -0.25) is 4.79 Å². The van der Waals surface area contributed by atoms with Crippen molar-refractivity contribution in [3.8, 4) is 0 Å². The van der Waals surface area contributed by atoms with E-state index in [1.54, 1.807) is 18.2 Å². The molecule has 100 valence electrons. The zero-order valence-corrected chi connectivity index (χ0v) is 12.2. The van der Waals surface area contributed by atoms with Gasteiger partial charge >= 0.3 is 0 Å². The van der Waals surface area contributed by atoms with Crippen LogP contribution in [0, 0.1) is 0 Å². The molecule has 6 heteroatoms. The number of methoxy groups -OCH3 is 2. The van der Waals surface area contributed by atoms with E-state index in [9.17, 15) is 4.79 Å². The van der Waals surface area contributed by atoms with Gasteiger partial charge in [0.1, 0.15) is 0 Å². The van der Waals surface area contributed by atoms with E-state index >= 15 is 0 Å². The van der Waals surface area contributed by atoms with Crippen LogP contribution in [-0.4, -0.2) is 32.5 Å². The molecule has 1 atom stereocenters. The van der Waals surface area contributed by atoms with Gasteiger partial charge in [0.15, 0.2) is 6.29 Å². The average molecular weight is 317 g/mol. The third-order valence-corrected chi connectivity index (χ3v) is 3.18. The molecule has 0 bridgehead atoms. The Balaban J connectivity index is 2.73. The molecule has 1 rings (SSSR count). The lowest BCUT2D eigenvalue weighted by Gasteiger charge is -2.22. The van der Waals surface area contributed by atoms with Gasteiger partial charge in [0, 0.05) is 29.9 Å². The highest BCUT2D eigenvalue weighted by molar-refractivity contribution is 9.10. The highest BCUT2D eigenvalue weighted by atomic mass is 79.9. The molecule has 3 N–H and O–H groups in total. The molecule has 0 aliphatic heterocycles. The predicted octanol–water partition coefficient (Wildman–Crippen LogP) is 1.77. The van der Waals surface area contributed by atoms with Crippen molar-refractivity contribution in [3.05, 3.63) is 28.2 Å². The van der Waals surface area contributed by atoms with Crippen molar-refractivity contribution in [3.63, 3.8) is 0 Å². The van der Waals surface area contributed by atoms with Gasteiger partial charge in [0.05, 0.1) is 6.04 Å². The fourth-order valence-corrected chi connectivity index (χ4v) is 1.91. The van der Waals surface area contributed by atoms with E-state index in [0.717, 1.165) is 0 Å². The van der Waals surface area contributed by atoms with Crippen LogP contribution in [0.25, 0.3) is 0 Å². The smallest absolute Gasteiger partial charge is 0.251 e. The minimum atomic E-state index is -0.480. The maximum absolute atomic E-state index is 12.0. The second-order valence-corrected chi connectivity index (χ2v) is 4.69. The topological polar surface area (TPSA) is 73.6 Å². The largest absolute Gasteiger partial charge is 0.398 e. The molecule has 0 heterocycles. The van der Waals surface area contributed by atoms with E-state index in [1.165, 1.54) is 14.2 Å². The number of hydrogen-bond donors (Lipinski definition) is 2. The normalized spacial score (nSPS) is 12.5. The quantitative estimate of drug-likeness (QED) is 0.641. The lowest BCUT2D eigenvalue weighted by molar-refractivity contribution is -0.117. The Labute approximate surface area is 115 Å². The summed E-state index contributed by atoms with van der Waals surface area (Å²) in [6.45, 7) is 1.81. The lowest BCUT2D eigenvalue weighted by Crippen LogP contribution is -2.42. The predicted molar refractivity (Wildman–Crippen MR) is 73.3 cm³/mol. The number of ether oxygens (including phenoxy) is 2. The van der Waals surface area contributed by atoms with Crippen molar-refractivity contribution < 1.29 is 14.3 Å². The van der Waals surface area contributed by atoms with E-state index in [1.807, 2.05) is 6.92 Å². The van der Waals surface area contributed by atoms with Crippen LogP contribution in [0.4, 0.5) is 5.69 Å². The Morgan fingerprint density at radius 3 is 2.50 bits per heavy atom. The first kappa shape index (κ1) is 14.9. The first-order chi connectivity index (χ1) is 8.49. The Hall–Kier alpha value is -1.11. The zero-order chi connectivity index (χ0) is 13.7. The van der Waals surface area contributed by atoms with Crippen molar-refractivity contribution in [2.24, 2.45) is 0 Å². The summed E-state index contributed by atoms with van der Waals surface area (Å²) in [4.78, 5) is 12.0. The number of halogens is 1. The molecule has 1 unspecified atom stereocenters. The monoisotopic (exact) mass is 316 g/mol. The minimum absolute atomic E-state index is 0.206. The number of amides is 1. The molecule has 0 saturated heterocycles. The number of nitrogen functional groups attached to an aromatic ring is 1. The molecule has 1 aromatic carbocycles. The molecular weight excluding hydrogens is 300 g/mol. The Bertz CT molecular complexity index is 422. The minimum Gasteiger partial charge on any atom is -0.398 e. The molecular formula is C12H17BrN2O3. The zero-order valence-electron chi connectivity index (χ0n) is 10.6. The second-order valence-electron chi connectivity index (χ2n) is 3.84. The number of anilines is 1. The molecule has 0 radical (unpaired) electrons.